The molecule has 28 heavy (non-hydrogen) atoms. The molecule has 148 valence electrons. The molecule has 0 radical (unpaired) electrons. The van der Waals surface area contributed by atoms with Gasteiger partial charge in [0, 0.05) is 23.7 Å². The molecule has 2 aliphatic heterocycles. The molecule has 1 N–H and O–H groups in total. The van der Waals surface area contributed by atoms with Crippen LogP contribution < -0.4 is 14.8 Å². The Morgan fingerprint density at radius 1 is 1.21 bits per heavy atom. The van der Waals surface area contributed by atoms with E-state index in [1.54, 1.807) is 17.6 Å². The lowest BCUT2D eigenvalue weighted by molar-refractivity contribution is -0.120. The van der Waals surface area contributed by atoms with Crippen LogP contribution in [-0.4, -0.2) is 48.9 Å². The number of fused-ring (bicyclic) bond motifs is 3. The normalized spacial score (nSPS) is 26.4. The lowest BCUT2D eigenvalue weighted by Gasteiger charge is -2.33. The summed E-state index contributed by atoms with van der Waals surface area (Å²) in [5.41, 5.74) is 0. The van der Waals surface area contributed by atoms with E-state index in [2.05, 4.69) is 10.3 Å². The van der Waals surface area contributed by atoms with E-state index in [9.17, 15) is 13.2 Å². The molecule has 2 aromatic rings. The van der Waals surface area contributed by atoms with E-state index in [4.69, 9.17) is 9.47 Å². The molecule has 3 atom stereocenters. The average Bonchev–Trinajstić information content (AvgIpc) is 3.44. The van der Waals surface area contributed by atoms with Gasteiger partial charge in [0.15, 0.2) is 16.6 Å². The highest BCUT2D eigenvalue weighted by Crippen LogP contribution is 2.46. The molecule has 0 unspecified atom stereocenters. The molecule has 2 fully saturated rings. The second-order valence-electron chi connectivity index (χ2n) is 7.14. The number of thiazole rings is 1. The molecule has 1 aromatic carbocycles. The number of carbonyl (C=O) groups excluding carboxylic acids is 1. The van der Waals surface area contributed by atoms with Crippen LogP contribution in [0.25, 0.3) is 0 Å². The van der Waals surface area contributed by atoms with Crippen molar-refractivity contribution in [2.45, 2.75) is 36.2 Å². The highest BCUT2D eigenvalue weighted by atomic mass is 32.2. The van der Waals surface area contributed by atoms with Gasteiger partial charge in [0.1, 0.15) is 19.3 Å². The maximum Gasteiger partial charge on any atom is 0.244 e. The minimum atomic E-state index is -3.86. The first-order valence-corrected chi connectivity index (χ1v) is 11.5. The summed E-state index contributed by atoms with van der Waals surface area (Å²) in [6, 6.07) is 3.74. The van der Waals surface area contributed by atoms with Crippen LogP contribution in [0.15, 0.2) is 34.7 Å². The second kappa shape index (κ2) is 6.71. The van der Waals surface area contributed by atoms with Crippen molar-refractivity contribution in [2.24, 2.45) is 5.92 Å². The molecule has 3 aliphatic rings. The molecule has 1 amide bonds. The molecule has 1 aliphatic carbocycles. The Hall–Kier alpha value is -2.17. The van der Waals surface area contributed by atoms with Crippen LogP contribution in [0, 0.1) is 5.92 Å². The molecular formula is C18H19N3O5S2. The molecule has 10 heteroatoms. The number of hydrogen-bond donors (Lipinski definition) is 1. The first-order chi connectivity index (χ1) is 13.5. The van der Waals surface area contributed by atoms with Crippen molar-refractivity contribution in [3.8, 4) is 11.5 Å². The predicted octanol–water partition coefficient (Wildman–Crippen LogP) is 2.09. The van der Waals surface area contributed by atoms with Crippen LogP contribution >= 0.6 is 11.3 Å². The van der Waals surface area contributed by atoms with Crippen molar-refractivity contribution in [1.29, 1.82) is 0 Å². The Labute approximate surface area is 166 Å². The Balaban J connectivity index is 1.48. The highest BCUT2D eigenvalue weighted by Gasteiger charge is 2.54. The second-order valence-corrected chi connectivity index (χ2v) is 9.88. The number of ether oxygens (including phenoxy) is 2. The number of anilines is 1. The van der Waals surface area contributed by atoms with Gasteiger partial charge in [-0.2, -0.15) is 4.31 Å². The number of nitrogens with one attached hydrogen (secondary N) is 1. The summed E-state index contributed by atoms with van der Waals surface area (Å²) in [6.07, 6.45) is 3.94. The number of nitrogens with zero attached hydrogens (tertiary/aromatic N) is 2. The Morgan fingerprint density at radius 3 is 2.82 bits per heavy atom. The fourth-order valence-corrected chi connectivity index (χ4v) is 6.81. The van der Waals surface area contributed by atoms with Crippen molar-refractivity contribution in [2.75, 3.05) is 18.5 Å². The third kappa shape index (κ3) is 2.87. The summed E-state index contributed by atoms with van der Waals surface area (Å²) in [5, 5.41) is 5.01. The van der Waals surface area contributed by atoms with Gasteiger partial charge in [-0.15, -0.1) is 11.3 Å². The maximum atomic E-state index is 13.5. The molecule has 2 bridgehead atoms. The number of benzene rings is 1. The summed E-state index contributed by atoms with van der Waals surface area (Å²) in [6.45, 7) is 0.817. The molecule has 1 aromatic heterocycles. The van der Waals surface area contributed by atoms with Gasteiger partial charge in [-0.3, -0.25) is 4.79 Å². The van der Waals surface area contributed by atoms with Crippen molar-refractivity contribution >= 4 is 32.4 Å². The van der Waals surface area contributed by atoms with Gasteiger partial charge in [-0.25, -0.2) is 13.4 Å². The largest absolute Gasteiger partial charge is 0.486 e. The highest BCUT2D eigenvalue weighted by molar-refractivity contribution is 7.89. The zero-order valence-corrected chi connectivity index (χ0v) is 16.5. The fraction of sp³-hybridized carbons (Fsp3) is 0.444. The van der Waals surface area contributed by atoms with Gasteiger partial charge in [0.05, 0.1) is 4.90 Å². The van der Waals surface area contributed by atoms with Gasteiger partial charge in [-0.1, -0.05) is 0 Å². The van der Waals surface area contributed by atoms with Gasteiger partial charge in [0.2, 0.25) is 15.9 Å². The third-order valence-electron chi connectivity index (χ3n) is 5.55. The quantitative estimate of drug-likeness (QED) is 0.812. The lowest BCUT2D eigenvalue weighted by Crippen LogP contribution is -2.50. The van der Waals surface area contributed by atoms with Crippen LogP contribution in [0.1, 0.15) is 19.3 Å². The summed E-state index contributed by atoms with van der Waals surface area (Å²) in [5.74, 6) is 0.659. The number of carbonyl (C=O) groups is 1. The monoisotopic (exact) mass is 421 g/mol. The average molecular weight is 422 g/mol. The number of hydrogen-bond acceptors (Lipinski definition) is 7. The van der Waals surface area contributed by atoms with Gasteiger partial charge < -0.3 is 14.8 Å². The number of rotatable bonds is 4. The summed E-state index contributed by atoms with van der Waals surface area (Å²) >= 11 is 1.31. The van der Waals surface area contributed by atoms with Crippen LogP contribution in [-0.2, 0) is 14.8 Å². The first-order valence-electron chi connectivity index (χ1n) is 9.17. The van der Waals surface area contributed by atoms with E-state index in [-0.39, 0.29) is 22.8 Å². The Bertz CT molecular complexity index is 1010. The zero-order chi connectivity index (χ0) is 19.3. The van der Waals surface area contributed by atoms with Crippen LogP contribution in [0.2, 0.25) is 0 Å². The van der Waals surface area contributed by atoms with E-state index >= 15 is 0 Å². The molecular weight excluding hydrogens is 402 g/mol. The van der Waals surface area contributed by atoms with Gasteiger partial charge in [-0.05, 0) is 37.3 Å². The van der Waals surface area contributed by atoms with E-state index in [0.29, 0.717) is 36.3 Å². The lowest BCUT2D eigenvalue weighted by atomic mass is 9.99. The minimum Gasteiger partial charge on any atom is -0.486 e. The first kappa shape index (κ1) is 17.9. The van der Waals surface area contributed by atoms with Crippen molar-refractivity contribution in [3.05, 3.63) is 29.8 Å². The summed E-state index contributed by atoms with van der Waals surface area (Å²) < 4.78 is 39.3. The number of sulfonamides is 1. The predicted molar refractivity (Wildman–Crippen MR) is 102 cm³/mol. The van der Waals surface area contributed by atoms with Crippen molar-refractivity contribution in [1.82, 2.24) is 9.29 Å². The standard InChI is InChI=1S/C18H19N3O5S2/c22-17(20-18-19-5-8-27-18)16-11-1-2-12(9-11)21(16)28(23,24)13-3-4-14-15(10-13)26-7-6-25-14/h3-5,8,10-12,16H,1-2,6-7,9H2,(H,19,20,22)/t11-,12-,16-/m0/s1. The minimum absolute atomic E-state index is 0.0250. The van der Waals surface area contributed by atoms with Crippen molar-refractivity contribution < 1.29 is 22.7 Å². The Kier molecular flexibility index (Phi) is 4.29. The number of piperidine rings is 1. The molecule has 3 heterocycles. The van der Waals surface area contributed by atoms with Crippen LogP contribution in [0.5, 0.6) is 11.5 Å². The van der Waals surface area contributed by atoms with Crippen LogP contribution in [0.3, 0.4) is 0 Å². The Morgan fingerprint density at radius 2 is 2.04 bits per heavy atom. The topological polar surface area (TPSA) is 97.8 Å². The van der Waals surface area contributed by atoms with E-state index in [0.717, 1.165) is 12.8 Å². The van der Waals surface area contributed by atoms with Crippen molar-refractivity contribution in [3.63, 3.8) is 0 Å². The summed E-state index contributed by atoms with van der Waals surface area (Å²) in [4.78, 5) is 17.1. The molecule has 8 nitrogen and oxygen atoms in total. The van der Waals surface area contributed by atoms with E-state index < -0.39 is 16.1 Å². The summed E-state index contributed by atoms with van der Waals surface area (Å²) in [7, 11) is -3.86. The fourth-order valence-electron chi connectivity index (χ4n) is 4.39. The molecule has 1 saturated carbocycles. The number of amides is 1. The molecule has 1 saturated heterocycles. The SMILES string of the molecule is O=C(Nc1nccs1)[C@@H]1[C@H]2CC[C@@H](C2)N1S(=O)(=O)c1ccc2c(c1)OCCO2. The van der Waals surface area contributed by atoms with E-state index in [1.165, 1.54) is 27.8 Å². The smallest absolute Gasteiger partial charge is 0.244 e. The zero-order valence-electron chi connectivity index (χ0n) is 14.9. The third-order valence-corrected chi connectivity index (χ3v) is 8.16. The van der Waals surface area contributed by atoms with Gasteiger partial charge in [0.25, 0.3) is 0 Å². The van der Waals surface area contributed by atoms with Gasteiger partial charge >= 0.3 is 0 Å². The van der Waals surface area contributed by atoms with E-state index in [1.807, 2.05) is 0 Å². The van der Waals surface area contributed by atoms with Crippen LogP contribution in [0.4, 0.5) is 5.13 Å². The molecule has 0 spiro atoms. The maximum absolute atomic E-state index is 13.5. The number of aromatic nitrogens is 1. The molecule has 5 rings (SSSR count).